The quantitative estimate of drug-likeness (QED) is 0.916. The van der Waals surface area contributed by atoms with Crippen molar-refractivity contribution < 1.29 is 14.7 Å². The molecule has 0 aromatic carbocycles. The largest absolute Gasteiger partial charge is 0.481 e. The maximum atomic E-state index is 13.0. The van der Waals surface area contributed by atoms with Gasteiger partial charge in [-0.15, -0.1) is 0 Å². The van der Waals surface area contributed by atoms with E-state index in [0.717, 1.165) is 49.9 Å². The average Bonchev–Trinajstić information content (AvgIpc) is 2.59. The minimum absolute atomic E-state index is 0.0149. The Kier molecular flexibility index (Phi) is 4.88. The molecule has 1 aliphatic heterocycles. The number of carboxylic acid groups (broad SMARTS) is 1. The minimum atomic E-state index is -0.785. The number of aliphatic carboxylic acids is 1. The Morgan fingerprint density at radius 2 is 2.17 bits per heavy atom. The molecule has 1 aromatic heterocycles. The van der Waals surface area contributed by atoms with Crippen LogP contribution in [0.25, 0.3) is 0 Å². The van der Waals surface area contributed by atoms with Gasteiger partial charge in [-0.05, 0) is 50.5 Å². The van der Waals surface area contributed by atoms with E-state index in [2.05, 4.69) is 9.97 Å². The van der Waals surface area contributed by atoms with Crippen molar-refractivity contribution in [3.8, 4) is 0 Å². The lowest BCUT2D eigenvalue weighted by Crippen LogP contribution is -2.47. The summed E-state index contributed by atoms with van der Waals surface area (Å²) in [4.78, 5) is 34.1. The second-order valence-corrected chi connectivity index (χ2v) is 6.55. The van der Waals surface area contributed by atoms with Crippen molar-refractivity contribution in [2.45, 2.75) is 57.4 Å². The van der Waals surface area contributed by atoms with Crippen molar-refractivity contribution in [3.05, 3.63) is 23.8 Å². The zero-order valence-electron chi connectivity index (χ0n) is 13.3. The molecule has 0 spiro atoms. The zero-order chi connectivity index (χ0) is 16.2. The molecule has 23 heavy (non-hydrogen) atoms. The van der Waals surface area contributed by atoms with E-state index >= 15 is 0 Å². The topological polar surface area (TPSA) is 83.4 Å². The number of carboxylic acids is 1. The van der Waals surface area contributed by atoms with Crippen molar-refractivity contribution in [1.29, 1.82) is 0 Å². The molecule has 2 unspecified atom stereocenters. The number of hydrogen-bond donors (Lipinski definition) is 1. The maximum Gasteiger partial charge on any atom is 0.303 e. The van der Waals surface area contributed by atoms with Gasteiger partial charge in [-0.2, -0.15) is 0 Å². The molecule has 0 saturated carbocycles. The number of fused-ring (bicyclic) bond motifs is 1. The molecule has 2 aliphatic rings. The summed E-state index contributed by atoms with van der Waals surface area (Å²) in [5, 5.41) is 8.91. The molecule has 1 fully saturated rings. The third kappa shape index (κ3) is 3.68. The third-order valence-electron chi connectivity index (χ3n) is 5.03. The molecular weight excluding hydrogens is 294 g/mol. The Labute approximate surface area is 135 Å². The van der Waals surface area contributed by atoms with E-state index in [1.165, 1.54) is 0 Å². The monoisotopic (exact) mass is 317 g/mol. The lowest BCUT2D eigenvalue weighted by molar-refractivity contribution is -0.142. The fourth-order valence-electron chi connectivity index (χ4n) is 3.78. The van der Waals surface area contributed by atoms with Crippen LogP contribution >= 0.6 is 0 Å². The first-order chi connectivity index (χ1) is 11.1. The third-order valence-corrected chi connectivity index (χ3v) is 5.03. The second-order valence-electron chi connectivity index (χ2n) is 6.55. The highest BCUT2D eigenvalue weighted by Gasteiger charge is 2.33. The van der Waals surface area contributed by atoms with E-state index < -0.39 is 5.97 Å². The van der Waals surface area contributed by atoms with Gasteiger partial charge in [-0.25, -0.2) is 9.97 Å². The van der Waals surface area contributed by atoms with Crippen LogP contribution in [0.2, 0.25) is 0 Å². The highest BCUT2D eigenvalue weighted by molar-refractivity contribution is 5.80. The number of likely N-dealkylation sites (tertiary alicyclic amines) is 1. The first-order valence-electron chi connectivity index (χ1n) is 8.45. The van der Waals surface area contributed by atoms with Crippen LogP contribution in [0.15, 0.2) is 12.5 Å². The number of hydrogen-bond acceptors (Lipinski definition) is 4. The van der Waals surface area contributed by atoms with Gasteiger partial charge >= 0.3 is 5.97 Å². The van der Waals surface area contributed by atoms with Crippen LogP contribution in [0.3, 0.4) is 0 Å². The van der Waals surface area contributed by atoms with Gasteiger partial charge in [0.2, 0.25) is 5.91 Å². The molecule has 1 aliphatic carbocycles. The number of aromatic nitrogens is 2. The van der Waals surface area contributed by atoms with E-state index in [0.29, 0.717) is 12.8 Å². The summed E-state index contributed by atoms with van der Waals surface area (Å²) >= 11 is 0. The van der Waals surface area contributed by atoms with E-state index in [1.807, 2.05) is 11.1 Å². The number of nitrogens with zero attached hydrogens (tertiary/aromatic N) is 3. The molecule has 6 nitrogen and oxygen atoms in total. The lowest BCUT2D eigenvalue weighted by Gasteiger charge is -2.38. The Morgan fingerprint density at radius 1 is 1.30 bits per heavy atom. The van der Waals surface area contributed by atoms with Crippen LogP contribution in [-0.2, 0) is 22.4 Å². The molecule has 1 aromatic rings. The highest BCUT2D eigenvalue weighted by Crippen LogP contribution is 2.29. The van der Waals surface area contributed by atoms with Crippen LogP contribution < -0.4 is 0 Å². The van der Waals surface area contributed by atoms with Crippen molar-refractivity contribution in [1.82, 2.24) is 14.9 Å². The van der Waals surface area contributed by atoms with Crippen LogP contribution in [0.5, 0.6) is 0 Å². The summed E-state index contributed by atoms with van der Waals surface area (Å²) < 4.78 is 0. The van der Waals surface area contributed by atoms with Crippen LogP contribution in [0.4, 0.5) is 0 Å². The molecule has 3 rings (SSSR count). The van der Waals surface area contributed by atoms with Gasteiger partial charge < -0.3 is 10.0 Å². The van der Waals surface area contributed by atoms with E-state index in [9.17, 15) is 9.59 Å². The lowest BCUT2D eigenvalue weighted by atomic mass is 9.85. The minimum Gasteiger partial charge on any atom is -0.481 e. The fraction of sp³-hybridized carbons (Fsp3) is 0.647. The van der Waals surface area contributed by atoms with Gasteiger partial charge in [-0.1, -0.05) is 0 Å². The molecule has 0 radical (unpaired) electrons. The predicted molar refractivity (Wildman–Crippen MR) is 83.8 cm³/mol. The number of aryl methyl sites for hydroxylation is 1. The fourth-order valence-corrected chi connectivity index (χ4v) is 3.78. The Balaban J connectivity index is 1.67. The number of amides is 1. The van der Waals surface area contributed by atoms with Gasteiger partial charge in [-0.3, -0.25) is 9.59 Å². The highest BCUT2D eigenvalue weighted by atomic mass is 16.4. The standard InChI is InChI=1S/C17H23N3O3/c21-16(22)7-5-14-3-1-2-8-20(14)17(23)12-4-6-15-13(9-12)10-18-11-19-15/h10-12,14H,1-9H2,(H,21,22). The summed E-state index contributed by atoms with van der Waals surface area (Å²) in [5.41, 5.74) is 2.14. The first-order valence-corrected chi connectivity index (χ1v) is 8.45. The van der Waals surface area contributed by atoms with Crippen molar-refractivity contribution >= 4 is 11.9 Å². The van der Waals surface area contributed by atoms with E-state index in [4.69, 9.17) is 5.11 Å². The Bertz CT molecular complexity index is 590. The number of rotatable bonds is 4. The normalized spacial score (nSPS) is 24.1. The molecule has 0 bridgehead atoms. The van der Waals surface area contributed by atoms with Gasteiger partial charge in [0.05, 0.1) is 0 Å². The van der Waals surface area contributed by atoms with Gasteiger partial charge in [0.25, 0.3) is 0 Å². The molecule has 2 heterocycles. The molecule has 6 heteroatoms. The first kappa shape index (κ1) is 15.9. The molecule has 1 saturated heterocycles. The summed E-state index contributed by atoms with van der Waals surface area (Å²) in [6.45, 7) is 0.762. The van der Waals surface area contributed by atoms with E-state index in [1.54, 1.807) is 6.33 Å². The van der Waals surface area contributed by atoms with Crippen LogP contribution in [0, 0.1) is 5.92 Å². The molecule has 1 N–H and O–H groups in total. The summed E-state index contributed by atoms with van der Waals surface area (Å²) in [5.74, 6) is -0.611. The predicted octanol–water partition coefficient (Wildman–Crippen LogP) is 1.83. The van der Waals surface area contributed by atoms with Crippen molar-refractivity contribution in [3.63, 3.8) is 0 Å². The van der Waals surface area contributed by atoms with Gasteiger partial charge in [0, 0.05) is 36.8 Å². The van der Waals surface area contributed by atoms with Crippen molar-refractivity contribution in [2.24, 2.45) is 5.92 Å². The van der Waals surface area contributed by atoms with Crippen molar-refractivity contribution in [2.75, 3.05) is 6.54 Å². The summed E-state index contributed by atoms with van der Waals surface area (Å²) in [6.07, 6.45) is 9.45. The Hall–Kier alpha value is -1.98. The smallest absolute Gasteiger partial charge is 0.303 e. The average molecular weight is 317 g/mol. The second kappa shape index (κ2) is 7.06. The number of piperidine rings is 1. The molecule has 2 atom stereocenters. The molecular formula is C17H23N3O3. The van der Waals surface area contributed by atoms with E-state index in [-0.39, 0.29) is 24.3 Å². The maximum absolute atomic E-state index is 13.0. The number of carbonyl (C=O) groups excluding carboxylic acids is 1. The summed E-state index contributed by atoms with van der Waals surface area (Å²) in [6, 6.07) is 0.0840. The molecule has 124 valence electrons. The van der Waals surface area contributed by atoms with Crippen LogP contribution in [0.1, 0.15) is 49.8 Å². The van der Waals surface area contributed by atoms with Gasteiger partial charge in [0.1, 0.15) is 6.33 Å². The Morgan fingerprint density at radius 3 is 3.00 bits per heavy atom. The number of carbonyl (C=O) groups is 2. The van der Waals surface area contributed by atoms with Crippen LogP contribution in [-0.4, -0.2) is 44.4 Å². The molecule has 1 amide bonds. The SMILES string of the molecule is O=C(O)CCC1CCCCN1C(=O)C1CCc2ncncc2C1. The van der Waals surface area contributed by atoms with Gasteiger partial charge in [0.15, 0.2) is 0 Å². The summed E-state index contributed by atoms with van der Waals surface area (Å²) in [7, 11) is 0. The zero-order valence-corrected chi connectivity index (χ0v) is 13.3.